The van der Waals surface area contributed by atoms with Crippen LogP contribution in [-0.4, -0.2) is 5.91 Å². The Morgan fingerprint density at radius 1 is 1.33 bits per heavy atom. The number of hydrogen-bond donors (Lipinski definition) is 1. The van der Waals surface area contributed by atoms with Crippen LogP contribution in [0.2, 0.25) is 0 Å². The molecule has 1 fully saturated rings. The molecule has 0 saturated heterocycles. The zero-order valence-electron chi connectivity index (χ0n) is 9.29. The van der Waals surface area contributed by atoms with Gasteiger partial charge in [-0.3, -0.25) is 4.79 Å². The molecular weight excluding hydrogens is 186 g/mol. The molecule has 80 valence electrons. The Morgan fingerprint density at radius 3 is 2.60 bits per heavy atom. The van der Waals surface area contributed by atoms with Crippen molar-refractivity contribution in [2.45, 2.75) is 32.6 Å². The van der Waals surface area contributed by atoms with E-state index in [-0.39, 0.29) is 11.8 Å². The molecule has 0 aliphatic heterocycles. The van der Waals surface area contributed by atoms with E-state index in [2.05, 4.69) is 11.4 Å². The van der Waals surface area contributed by atoms with Gasteiger partial charge in [-0.05, 0) is 30.4 Å². The topological polar surface area (TPSA) is 29.1 Å². The van der Waals surface area contributed by atoms with Crippen LogP contribution in [0.4, 0.5) is 5.69 Å². The van der Waals surface area contributed by atoms with Crippen molar-refractivity contribution in [2.24, 2.45) is 5.92 Å². The highest BCUT2D eigenvalue weighted by Gasteiger charge is 2.26. The molecule has 15 heavy (non-hydrogen) atoms. The van der Waals surface area contributed by atoms with Crippen molar-refractivity contribution >= 4 is 11.6 Å². The summed E-state index contributed by atoms with van der Waals surface area (Å²) in [5.74, 6) is 0.814. The number of hydrogen-bond acceptors (Lipinski definition) is 1. The minimum atomic E-state index is 0.0391. The van der Waals surface area contributed by atoms with E-state index in [9.17, 15) is 4.79 Å². The zero-order valence-corrected chi connectivity index (χ0v) is 9.29. The molecule has 1 aliphatic carbocycles. The van der Waals surface area contributed by atoms with Gasteiger partial charge in [-0.2, -0.15) is 0 Å². The molecule has 2 heteroatoms. The van der Waals surface area contributed by atoms with Crippen molar-refractivity contribution in [3.8, 4) is 0 Å². The maximum absolute atomic E-state index is 11.6. The summed E-state index contributed by atoms with van der Waals surface area (Å²) in [6.45, 7) is 3.82. The molecule has 1 saturated carbocycles. The minimum Gasteiger partial charge on any atom is -0.326 e. The second-order valence-corrected chi connectivity index (χ2v) is 4.51. The van der Waals surface area contributed by atoms with Gasteiger partial charge in [0.2, 0.25) is 5.91 Å². The molecule has 1 aromatic rings. The second kappa shape index (κ2) is 4.05. The van der Waals surface area contributed by atoms with Crippen LogP contribution >= 0.6 is 0 Å². The molecule has 1 aliphatic rings. The van der Waals surface area contributed by atoms with E-state index in [1.807, 2.05) is 32.0 Å². The lowest BCUT2D eigenvalue weighted by atomic mass is 10.1. The van der Waals surface area contributed by atoms with E-state index in [0.29, 0.717) is 5.92 Å². The average Bonchev–Trinajstić information content (AvgIpc) is 3.02. The van der Waals surface area contributed by atoms with Crippen LogP contribution in [0, 0.1) is 5.92 Å². The largest absolute Gasteiger partial charge is 0.326 e. The Morgan fingerprint density at radius 2 is 2.00 bits per heavy atom. The van der Waals surface area contributed by atoms with Crippen LogP contribution < -0.4 is 5.32 Å². The first-order valence-corrected chi connectivity index (χ1v) is 5.58. The summed E-state index contributed by atoms with van der Waals surface area (Å²) < 4.78 is 0. The Bertz CT molecular complexity index is 367. The van der Waals surface area contributed by atoms with E-state index in [4.69, 9.17) is 0 Å². The summed E-state index contributed by atoms with van der Waals surface area (Å²) in [7, 11) is 0. The van der Waals surface area contributed by atoms with Gasteiger partial charge in [-0.15, -0.1) is 0 Å². The van der Waals surface area contributed by atoms with E-state index in [1.165, 1.54) is 18.4 Å². The Hall–Kier alpha value is -1.31. The number of amides is 1. The van der Waals surface area contributed by atoms with Gasteiger partial charge in [0.1, 0.15) is 0 Å². The first kappa shape index (κ1) is 10.2. The maximum atomic E-state index is 11.6. The lowest BCUT2D eigenvalue weighted by Gasteiger charge is -2.11. The first-order valence-electron chi connectivity index (χ1n) is 5.58. The molecule has 0 heterocycles. The molecular formula is C13H17NO. The van der Waals surface area contributed by atoms with Gasteiger partial charge in [-0.1, -0.05) is 32.0 Å². The monoisotopic (exact) mass is 203 g/mol. The Kier molecular flexibility index (Phi) is 2.76. The molecule has 1 amide bonds. The molecule has 0 atom stereocenters. The van der Waals surface area contributed by atoms with Crippen molar-refractivity contribution in [3.63, 3.8) is 0 Å². The number of rotatable bonds is 3. The van der Waals surface area contributed by atoms with Gasteiger partial charge < -0.3 is 5.32 Å². The van der Waals surface area contributed by atoms with E-state index >= 15 is 0 Å². The van der Waals surface area contributed by atoms with E-state index < -0.39 is 0 Å². The molecule has 1 N–H and O–H groups in total. The first-order chi connectivity index (χ1) is 7.18. The lowest BCUT2D eigenvalue weighted by molar-refractivity contribution is -0.118. The zero-order chi connectivity index (χ0) is 10.8. The van der Waals surface area contributed by atoms with Crippen molar-refractivity contribution in [2.75, 3.05) is 5.32 Å². The number of benzene rings is 1. The van der Waals surface area contributed by atoms with Crippen LogP contribution in [-0.2, 0) is 4.79 Å². The van der Waals surface area contributed by atoms with Crippen LogP contribution in [0.3, 0.4) is 0 Å². The summed E-state index contributed by atoms with van der Waals surface area (Å²) >= 11 is 0. The number of nitrogens with one attached hydrogen (secondary N) is 1. The second-order valence-electron chi connectivity index (χ2n) is 4.51. The fraction of sp³-hybridized carbons (Fsp3) is 0.462. The Balaban J connectivity index is 2.16. The van der Waals surface area contributed by atoms with Gasteiger partial charge in [0.25, 0.3) is 0 Å². The molecule has 0 spiro atoms. The third-order valence-electron chi connectivity index (χ3n) is 2.76. The highest BCUT2D eigenvalue weighted by atomic mass is 16.1. The fourth-order valence-corrected chi connectivity index (χ4v) is 1.64. The van der Waals surface area contributed by atoms with E-state index in [1.54, 1.807) is 0 Å². The molecule has 0 radical (unpaired) electrons. The van der Waals surface area contributed by atoms with Crippen molar-refractivity contribution in [1.29, 1.82) is 0 Å². The molecule has 0 unspecified atom stereocenters. The highest BCUT2D eigenvalue weighted by molar-refractivity contribution is 5.92. The maximum Gasteiger partial charge on any atom is 0.226 e. The number of para-hydroxylation sites is 1. The summed E-state index contributed by atoms with van der Waals surface area (Å²) in [5, 5.41) is 2.99. The fourth-order valence-electron chi connectivity index (χ4n) is 1.64. The molecule has 0 aromatic heterocycles. The molecule has 2 rings (SSSR count). The molecule has 2 nitrogen and oxygen atoms in total. The normalized spacial score (nSPS) is 15.4. The number of anilines is 1. The van der Waals surface area contributed by atoms with Gasteiger partial charge in [0.15, 0.2) is 0 Å². The highest BCUT2D eigenvalue weighted by Crippen LogP contribution is 2.43. The lowest BCUT2D eigenvalue weighted by Crippen LogP contribution is -2.18. The predicted octanol–water partition coefficient (Wildman–Crippen LogP) is 3.16. The predicted molar refractivity (Wildman–Crippen MR) is 61.9 cm³/mol. The van der Waals surface area contributed by atoms with Crippen molar-refractivity contribution in [3.05, 3.63) is 29.8 Å². The van der Waals surface area contributed by atoms with Crippen LogP contribution in [0.25, 0.3) is 0 Å². The van der Waals surface area contributed by atoms with E-state index in [0.717, 1.165) is 5.69 Å². The number of carbonyl (C=O) groups excluding carboxylic acids is 1. The summed E-state index contributed by atoms with van der Waals surface area (Å²) in [6, 6.07) is 8.13. The third kappa shape index (κ3) is 2.38. The average molecular weight is 203 g/mol. The van der Waals surface area contributed by atoms with Crippen LogP contribution in [0.5, 0.6) is 0 Å². The smallest absolute Gasteiger partial charge is 0.226 e. The standard InChI is InChI=1S/C13H17NO/c1-9(2)13(15)14-12-6-4-3-5-11(12)10-7-8-10/h3-6,9-10H,7-8H2,1-2H3,(H,14,15). The minimum absolute atomic E-state index is 0.0391. The van der Waals surface area contributed by atoms with Crippen molar-refractivity contribution < 1.29 is 4.79 Å². The quantitative estimate of drug-likeness (QED) is 0.803. The molecule has 1 aromatic carbocycles. The summed E-state index contributed by atoms with van der Waals surface area (Å²) in [4.78, 5) is 11.6. The number of carbonyl (C=O) groups is 1. The van der Waals surface area contributed by atoms with Gasteiger partial charge in [0, 0.05) is 11.6 Å². The Labute approximate surface area is 90.7 Å². The van der Waals surface area contributed by atoms with Gasteiger partial charge >= 0.3 is 0 Å². The van der Waals surface area contributed by atoms with Crippen LogP contribution in [0.1, 0.15) is 38.2 Å². The van der Waals surface area contributed by atoms with Gasteiger partial charge in [-0.25, -0.2) is 0 Å². The molecule has 0 bridgehead atoms. The summed E-state index contributed by atoms with van der Waals surface area (Å²) in [5.41, 5.74) is 2.30. The van der Waals surface area contributed by atoms with Gasteiger partial charge in [0.05, 0.1) is 0 Å². The third-order valence-corrected chi connectivity index (χ3v) is 2.76. The van der Waals surface area contributed by atoms with Crippen LogP contribution in [0.15, 0.2) is 24.3 Å². The van der Waals surface area contributed by atoms with Crippen molar-refractivity contribution in [1.82, 2.24) is 0 Å². The SMILES string of the molecule is CC(C)C(=O)Nc1ccccc1C1CC1. The summed E-state index contributed by atoms with van der Waals surface area (Å²) in [6.07, 6.45) is 2.52.